The van der Waals surface area contributed by atoms with Gasteiger partial charge in [-0.15, -0.1) is 0 Å². The van der Waals surface area contributed by atoms with E-state index in [-0.39, 0.29) is 33.3 Å². The van der Waals surface area contributed by atoms with Gasteiger partial charge >= 0.3 is 6.09 Å². The van der Waals surface area contributed by atoms with Gasteiger partial charge in [-0.25, -0.2) is 17.6 Å². The lowest BCUT2D eigenvalue weighted by Crippen LogP contribution is -2.52. The molecule has 222 valence electrons. The van der Waals surface area contributed by atoms with Gasteiger partial charge in [0.15, 0.2) is 0 Å². The highest BCUT2D eigenvalue weighted by Gasteiger charge is 2.34. The van der Waals surface area contributed by atoms with Crippen LogP contribution in [0.1, 0.15) is 31.3 Å². The van der Waals surface area contributed by atoms with Crippen LogP contribution in [0, 0.1) is 11.7 Å². The standard InChI is InChI=1S/C27H29ClFN7O5S/c1-27(2,3)41-26(38)35-12-16(13-35)14-36-15-19(11-30-36)42(39,40)33-18-5-7-20-23(10-18)32-34(4)24(20)25(37)31-17-6-8-22(29)21(28)9-17/h5-11,15-16,33H,12-14H2,1-4H3,(H,31,37). The predicted molar refractivity (Wildman–Crippen MR) is 154 cm³/mol. The highest BCUT2D eigenvalue weighted by Crippen LogP contribution is 2.26. The number of halogens is 2. The average Bonchev–Trinajstić information content (AvgIpc) is 3.46. The van der Waals surface area contributed by atoms with Gasteiger partial charge in [0.1, 0.15) is 22.0 Å². The van der Waals surface area contributed by atoms with Crippen molar-refractivity contribution in [3.05, 3.63) is 65.3 Å². The van der Waals surface area contributed by atoms with Gasteiger partial charge in [-0.2, -0.15) is 10.2 Å². The second-order valence-electron chi connectivity index (χ2n) is 11.0. The van der Waals surface area contributed by atoms with Crippen molar-refractivity contribution in [3.63, 3.8) is 0 Å². The Kier molecular flexibility index (Phi) is 7.62. The van der Waals surface area contributed by atoms with Crippen LogP contribution in [0.4, 0.5) is 20.6 Å². The highest BCUT2D eigenvalue weighted by molar-refractivity contribution is 7.92. The molecule has 0 radical (unpaired) electrons. The van der Waals surface area contributed by atoms with Gasteiger partial charge in [0.05, 0.1) is 22.4 Å². The van der Waals surface area contributed by atoms with E-state index in [1.165, 1.54) is 46.0 Å². The van der Waals surface area contributed by atoms with Crippen molar-refractivity contribution in [2.24, 2.45) is 13.0 Å². The van der Waals surface area contributed by atoms with E-state index in [2.05, 4.69) is 20.2 Å². The van der Waals surface area contributed by atoms with E-state index >= 15 is 0 Å². The number of fused-ring (bicyclic) bond motifs is 1. The van der Waals surface area contributed by atoms with Crippen LogP contribution >= 0.6 is 11.6 Å². The Morgan fingerprint density at radius 1 is 1.14 bits per heavy atom. The smallest absolute Gasteiger partial charge is 0.410 e. The van der Waals surface area contributed by atoms with E-state index in [9.17, 15) is 22.4 Å². The Balaban J connectivity index is 1.23. The second kappa shape index (κ2) is 10.9. The van der Waals surface area contributed by atoms with Crippen LogP contribution in [0.2, 0.25) is 5.02 Å². The van der Waals surface area contributed by atoms with Gasteiger partial charge in [-0.3, -0.25) is 18.9 Å². The number of hydrogen-bond donors (Lipinski definition) is 2. The number of carbonyl (C=O) groups excluding carboxylic acids is 2. The van der Waals surface area contributed by atoms with Crippen molar-refractivity contribution in [1.29, 1.82) is 0 Å². The minimum absolute atomic E-state index is 0.0232. The molecule has 0 saturated carbocycles. The van der Waals surface area contributed by atoms with Crippen LogP contribution in [0.15, 0.2) is 53.7 Å². The molecular formula is C27H29ClFN7O5S. The Labute approximate surface area is 246 Å². The molecule has 0 unspecified atom stereocenters. The molecule has 1 saturated heterocycles. The Morgan fingerprint density at radius 2 is 1.86 bits per heavy atom. The number of nitrogens with one attached hydrogen (secondary N) is 2. The number of sulfonamides is 1. The minimum Gasteiger partial charge on any atom is -0.444 e. The topological polar surface area (TPSA) is 140 Å². The Hall–Kier alpha value is -4.17. The van der Waals surface area contributed by atoms with Gasteiger partial charge in [-0.05, 0) is 57.2 Å². The normalized spacial score (nSPS) is 14.1. The molecule has 15 heteroatoms. The number of nitrogens with zero attached hydrogens (tertiary/aromatic N) is 5. The zero-order valence-electron chi connectivity index (χ0n) is 23.3. The lowest BCUT2D eigenvalue weighted by atomic mass is 10.0. The maximum atomic E-state index is 13.5. The predicted octanol–water partition coefficient (Wildman–Crippen LogP) is 4.48. The molecule has 1 aliphatic heterocycles. The van der Waals surface area contributed by atoms with Crippen LogP contribution < -0.4 is 10.0 Å². The molecule has 0 spiro atoms. The SMILES string of the molecule is Cn1nc2cc(NS(=O)(=O)c3cnn(CC4CN(C(=O)OC(C)(C)C)C4)c3)ccc2c1C(=O)Nc1ccc(F)c(Cl)c1. The number of amides is 2. The van der Waals surface area contributed by atoms with Crippen molar-refractivity contribution >= 4 is 55.9 Å². The van der Waals surface area contributed by atoms with Gasteiger partial charge in [0.25, 0.3) is 15.9 Å². The number of hydrogen-bond acceptors (Lipinski definition) is 7. The van der Waals surface area contributed by atoms with Crippen LogP contribution in [0.5, 0.6) is 0 Å². The third kappa shape index (κ3) is 6.34. The van der Waals surface area contributed by atoms with Crippen molar-refractivity contribution in [1.82, 2.24) is 24.5 Å². The van der Waals surface area contributed by atoms with Crippen molar-refractivity contribution in [2.45, 2.75) is 37.8 Å². The molecule has 4 aromatic rings. The van der Waals surface area contributed by atoms with E-state index in [4.69, 9.17) is 16.3 Å². The lowest BCUT2D eigenvalue weighted by Gasteiger charge is -2.39. The zero-order valence-corrected chi connectivity index (χ0v) is 24.8. The Morgan fingerprint density at radius 3 is 2.55 bits per heavy atom. The number of aromatic nitrogens is 4. The number of aryl methyl sites for hydroxylation is 1. The van der Waals surface area contributed by atoms with Gasteiger partial charge in [0, 0.05) is 49.9 Å². The summed E-state index contributed by atoms with van der Waals surface area (Å²) in [6, 6.07) is 8.46. The summed E-state index contributed by atoms with van der Waals surface area (Å²) in [5.41, 5.74) is 0.595. The van der Waals surface area contributed by atoms with E-state index in [0.29, 0.717) is 36.2 Å². The van der Waals surface area contributed by atoms with E-state index < -0.39 is 27.3 Å². The van der Waals surface area contributed by atoms with Gasteiger partial charge in [-0.1, -0.05) is 11.6 Å². The van der Waals surface area contributed by atoms with Gasteiger partial charge in [0.2, 0.25) is 0 Å². The fourth-order valence-electron chi connectivity index (χ4n) is 4.52. The number of ether oxygens (including phenoxy) is 1. The highest BCUT2D eigenvalue weighted by atomic mass is 35.5. The molecule has 42 heavy (non-hydrogen) atoms. The summed E-state index contributed by atoms with van der Waals surface area (Å²) in [6.07, 6.45) is 2.32. The first-order valence-corrected chi connectivity index (χ1v) is 14.8. The molecule has 3 heterocycles. The fourth-order valence-corrected chi connectivity index (χ4v) is 5.70. The monoisotopic (exact) mass is 617 g/mol. The summed E-state index contributed by atoms with van der Waals surface area (Å²) in [7, 11) is -2.39. The molecule has 1 aliphatic rings. The molecule has 5 rings (SSSR count). The third-order valence-corrected chi connectivity index (χ3v) is 8.08. The summed E-state index contributed by atoms with van der Waals surface area (Å²) >= 11 is 5.81. The molecule has 2 amide bonds. The quantitative estimate of drug-likeness (QED) is 0.311. The van der Waals surface area contributed by atoms with E-state index in [1.807, 2.05) is 0 Å². The summed E-state index contributed by atoms with van der Waals surface area (Å²) in [6.45, 7) is 6.86. The summed E-state index contributed by atoms with van der Waals surface area (Å²) in [4.78, 5) is 26.7. The Bertz CT molecular complexity index is 1790. The molecule has 1 fully saturated rings. The molecule has 0 bridgehead atoms. The first-order chi connectivity index (χ1) is 19.7. The number of carbonyl (C=O) groups is 2. The number of likely N-dealkylation sites (tertiary alicyclic amines) is 1. The summed E-state index contributed by atoms with van der Waals surface area (Å²) < 4.78 is 50.4. The van der Waals surface area contributed by atoms with Gasteiger partial charge < -0.3 is 15.0 Å². The van der Waals surface area contributed by atoms with E-state index in [1.54, 1.807) is 38.8 Å². The van der Waals surface area contributed by atoms with Crippen molar-refractivity contribution in [2.75, 3.05) is 23.1 Å². The van der Waals surface area contributed by atoms with Crippen LogP contribution in [0.3, 0.4) is 0 Å². The molecule has 2 aromatic heterocycles. The van der Waals surface area contributed by atoms with Crippen molar-refractivity contribution in [3.8, 4) is 0 Å². The maximum Gasteiger partial charge on any atom is 0.410 e. The molecule has 0 atom stereocenters. The van der Waals surface area contributed by atoms with E-state index in [0.717, 1.165) is 6.07 Å². The lowest BCUT2D eigenvalue weighted by molar-refractivity contribution is -0.00385. The maximum absolute atomic E-state index is 13.5. The number of benzene rings is 2. The number of anilines is 2. The second-order valence-corrected chi connectivity index (χ2v) is 13.1. The average molecular weight is 618 g/mol. The first kappa shape index (κ1) is 29.3. The molecule has 12 nitrogen and oxygen atoms in total. The molecule has 2 aromatic carbocycles. The molecule has 2 N–H and O–H groups in total. The fraction of sp³-hybridized carbons (Fsp3) is 0.333. The summed E-state index contributed by atoms with van der Waals surface area (Å²) in [5.74, 6) is -0.976. The van der Waals surface area contributed by atoms with Crippen LogP contribution in [-0.2, 0) is 28.4 Å². The van der Waals surface area contributed by atoms with Crippen LogP contribution in [0.25, 0.3) is 10.9 Å². The molecule has 0 aliphatic carbocycles. The number of rotatable bonds is 7. The van der Waals surface area contributed by atoms with Crippen LogP contribution in [-0.4, -0.2) is 63.6 Å². The first-order valence-electron chi connectivity index (χ1n) is 12.9. The third-order valence-electron chi connectivity index (χ3n) is 6.45. The largest absolute Gasteiger partial charge is 0.444 e. The van der Waals surface area contributed by atoms with Crippen molar-refractivity contribution < 1.29 is 27.1 Å². The summed E-state index contributed by atoms with van der Waals surface area (Å²) in [5, 5.41) is 11.5. The minimum atomic E-state index is -3.97. The zero-order chi connectivity index (χ0) is 30.4. The molecular weight excluding hydrogens is 589 g/mol.